The summed E-state index contributed by atoms with van der Waals surface area (Å²) in [5.74, 6) is 1.93. The molecule has 0 spiro atoms. The average Bonchev–Trinajstić information content (AvgIpc) is 3.16. The third-order valence-electron chi connectivity index (χ3n) is 4.76. The number of amides is 1. The van der Waals surface area contributed by atoms with Crippen molar-refractivity contribution in [2.24, 2.45) is 4.99 Å². The highest BCUT2D eigenvalue weighted by Crippen LogP contribution is 2.23. The van der Waals surface area contributed by atoms with Crippen LogP contribution in [0.1, 0.15) is 10.4 Å². The van der Waals surface area contributed by atoms with Crippen LogP contribution in [0.5, 0.6) is 0 Å². The topological polar surface area (TPSA) is 124 Å². The number of carbonyl (C=O) groups is 1. The van der Waals surface area contributed by atoms with Crippen molar-refractivity contribution in [3.63, 3.8) is 0 Å². The lowest BCUT2D eigenvalue weighted by atomic mass is 10.2. The summed E-state index contributed by atoms with van der Waals surface area (Å²) in [5, 5.41) is 11.1. The highest BCUT2D eigenvalue weighted by Gasteiger charge is 2.15. The maximum atomic E-state index is 12.8. The molecule has 0 fully saturated rings. The average molecular weight is 493 g/mol. The van der Waals surface area contributed by atoms with Crippen molar-refractivity contribution in [3.05, 3.63) is 93.3 Å². The van der Waals surface area contributed by atoms with E-state index in [1.54, 1.807) is 28.8 Å². The van der Waals surface area contributed by atoms with Gasteiger partial charge >= 0.3 is 0 Å². The quantitative estimate of drug-likeness (QED) is 0.249. The number of nitrogens with one attached hydrogen (secondary N) is 1. The lowest BCUT2D eigenvalue weighted by Crippen LogP contribution is -2.16. The summed E-state index contributed by atoms with van der Waals surface area (Å²) in [6.45, 7) is 0.129. The normalized spacial score (nSPS) is 11.8. The van der Waals surface area contributed by atoms with Crippen LogP contribution in [0.2, 0.25) is 0 Å². The van der Waals surface area contributed by atoms with E-state index in [1.807, 2.05) is 0 Å². The number of anilines is 1. The molecule has 0 aliphatic rings. The highest BCUT2D eigenvalue weighted by molar-refractivity contribution is 7.92. The zero-order valence-corrected chi connectivity index (χ0v) is 19.0. The zero-order chi connectivity index (χ0) is 24.3. The fraction of sp³-hybridized carbons (Fsp3) is 0.0435. The van der Waals surface area contributed by atoms with Crippen molar-refractivity contribution in [3.8, 4) is 12.3 Å². The summed E-state index contributed by atoms with van der Waals surface area (Å²) in [5.41, 5.74) is 1.08. The van der Waals surface area contributed by atoms with Crippen LogP contribution in [0.15, 0.2) is 82.7 Å². The number of nitrogens with zero attached hydrogens (tertiary/aromatic N) is 3. The first-order valence-corrected chi connectivity index (χ1v) is 12.1. The van der Waals surface area contributed by atoms with Crippen molar-refractivity contribution in [2.45, 2.75) is 11.4 Å². The Bertz CT molecular complexity index is 1610. The Balaban J connectivity index is 1.63. The molecule has 1 amide bonds. The largest absolute Gasteiger partial charge is 0.305 e. The molecule has 11 heteroatoms. The molecule has 0 aliphatic heterocycles. The van der Waals surface area contributed by atoms with Gasteiger partial charge in [-0.05, 0) is 42.5 Å². The summed E-state index contributed by atoms with van der Waals surface area (Å²) in [6.07, 6.45) is 5.45. The van der Waals surface area contributed by atoms with Gasteiger partial charge in [0, 0.05) is 23.4 Å². The second kappa shape index (κ2) is 9.30. The van der Waals surface area contributed by atoms with Gasteiger partial charge < -0.3 is 4.57 Å². The smallest absolute Gasteiger partial charge is 0.279 e. The second-order valence-corrected chi connectivity index (χ2v) is 9.69. The van der Waals surface area contributed by atoms with E-state index >= 15 is 0 Å². The molecule has 0 saturated heterocycles. The van der Waals surface area contributed by atoms with E-state index in [9.17, 15) is 23.3 Å². The van der Waals surface area contributed by atoms with Gasteiger partial charge in [-0.2, -0.15) is 4.99 Å². The Morgan fingerprint density at radius 1 is 1.12 bits per heavy atom. The monoisotopic (exact) mass is 492 g/mol. The standard InChI is InChI=1S/C23H16N4O5S2/c1-2-14-26-20-13-12-18(27(29)30)15-21(20)33-23(26)24-22(28)16-8-10-17(11-9-16)25-34(31,32)19-6-4-3-5-7-19/h1,3-13,15,25H,14H2. The van der Waals surface area contributed by atoms with E-state index in [2.05, 4.69) is 15.6 Å². The summed E-state index contributed by atoms with van der Waals surface area (Å²) < 4.78 is 29.6. The van der Waals surface area contributed by atoms with Crippen LogP contribution in [0.3, 0.4) is 0 Å². The zero-order valence-electron chi connectivity index (χ0n) is 17.4. The van der Waals surface area contributed by atoms with E-state index in [1.165, 1.54) is 48.5 Å². The number of benzene rings is 3. The molecule has 0 bridgehead atoms. The first-order chi connectivity index (χ1) is 16.3. The molecule has 0 aliphatic carbocycles. The van der Waals surface area contributed by atoms with Crippen LogP contribution >= 0.6 is 11.3 Å². The van der Waals surface area contributed by atoms with E-state index < -0.39 is 20.9 Å². The molecule has 0 atom stereocenters. The highest BCUT2D eigenvalue weighted by atomic mass is 32.2. The minimum absolute atomic E-state index is 0.0759. The Morgan fingerprint density at radius 3 is 2.47 bits per heavy atom. The van der Waals surface area contributed by atoms with Crippen molar-refractivity contribution in [1.82, 2.24) is 4.57 Å². The molecular formula is C23H16N4O5S2. The molecule has 3 aromatic carbocycles. The number of hydrogen-bond donors (Lipinski definition) is 1. The molecule has 4 aromatic rings. The van der Waals surface area contributed by atoms with Crippen molar-refractivity contribution in [2.75, 3.05) is 4.72 Å². The maximum Gasteiger partial charge on any atom is 0.279 e. The third kappa shape index (κ3) is 4.73. The van der Waals surface area contributed by atoms with Crippen LogP contribution in [0, 0.1) is 22.5 Å². The van der Waals surface area contributed by atoms with Gasteiger partial charge in [0.1, 0.15) is 0 Å². The number of terminal acetylenes is 1. The Hall–Kier alpha value is -4.27. The molecule has 1 aromatic heterocycles. The minimum atomic E-state index is -3.76. The summed E-state index contributed by atoms with van der Waals surface area (Å²) >= 11 is 1.11. The first kappa shape index (κ1) is 22.9. The number of hydrogen-bond acceptors (Lipinski definition) is 6. The van der Waals surface area contributed by atoms with Gasteiger partial charge in [-0.25, -0.2) is 8.42 Å². The molecule has 1 heterocycles. The van der Waals surface area contributed by atoms with Crippen molar-refractivity contribution in [1.29, 1.82) is 0 Å². The molecule has 34 heavy (non-hydrogen) atoms. The SMILES string of the molecule is C#CCn1c(=NC(=O)c2ccc(NS(=O)(=O)c3ccccc3)cc2)sc2cc([N+](=O)[O-])ccc21. The minimum Gasteiger partial charge on any atom is -0.305 e. The lowest BCUT2D eigenvalue weighted by Gasteiger charge is -2.08. The number of aromatic nitrogens is 1. The van der Waals surface area contributed by atoms with E-state index in [0.29, 0.717) is 15.0 Å². The number of carbonyl (C=O) groups excluding carboxylic acids is 1. The molecule has 0 radical (unpaired) electrons. The molecule has 0 saturated carbocycles. The van der Waals surface area contributed by atoms with Crippen LogP contribution in [-0.4, -0.2) is 23.8 Å². The summed E-state index contributed by atoms with van der Waals surface area (Å²) in [4.78, 5) is 27.9. The first-order valence-electron chi connectivity index (χ1n) is 9.77. The van der Waals surface area contributed by atoms with E-state index in [4.69, 9.17) is 6.42 Å². The number of sulfonamides is 1. The molecule has 1 N–H and O–H groups in total. The molecule has 9 nitrogen and oxygen atoms in total. The lowest BCUT2D eigenvalue weighted by molar-refractivity contribution is -0.384. The number of nitro benzene ring substituents is 1. The van der Waals surface area contributed by atoms with Gasteiger partial charge in [-0.3, -0.25) is 19.6 Å². The Labute approximate surface area is 198 Å². The van der Waals surface area contributed by atoms with E-state index in [0.717, 1.165) is 11.3 Å². The van der Waals surface area contributed by atoms with Gasteiger partial charge in [-0.1, -0.05) is 35.5 Å². The number of fused-ring (bicyclic) bond motifs is 1. The predicted molar refractivity (Wildman–Crippen MR) is 129 cm³/mol. The Morgan fingerprint density at radius 2 is 1.82 bits per heavy atom. The summed E-state index contributed by atoms with van der Waals surface area (Å²) in [7, 11) is -3.76. The third-order valence-corrected chi connectivity index (χ3v) is 7.20. The van der Waals surface area contributed by atoms with Gasteiger partial charge in [0.2, 0.25) is 0 Å². The van der Waals surface area contributed by atoms with Crippen molar-refractivity contribution >= 4 is 48.9 Å². The number of thiazole rings is 1. The number of nitro groups is 1. The second-order valence-electron chi connectivity index (χ2n) is 7.00. The van der Waals surface area contributed by atoms with Gasteiger partial charge in [0.25, 0.3) is 21.6 Å². The number of rotatable bonds is 6. The van der Waals surface area contributed by atoms with E-state index in [-0.39, 0.29) is 28.4 Å². The van der Waals surface area contributed by atoms with Crippen LogP contribution < -0.4 is 9.52 Å². The fourth-order valence-corrected chi connectivity index (χ4v) is 5.29. The van der Waals surface area contributed by atoms with Gasteiger partial charge in [-0.15, -0.1) is 6.42 Å². The van der Waals surface area contributed by atoms with Crippen LogP contribution in [0.4, 0.5) is 11.4 Å². The van der Waals surface area contributed by atoms with Gasteiger partial charge in [0.15, 0.2) is 4.80 Å². The molecule has 0 unspecified atom stereocenters. The Kier molecular flexibility index (Phi) is 6.27. The number of non-ortho nitro benzene ring substituents is 1. The van der Waals surface area contributed by atoms with Crippen LogP contribution in [-0.2, 0) is 16.6 Å². The summed E-state index contributed by atoms with van der Waals surface area (Å²) in [6, 6.07) is 18.1. The molecule has 4 rings (SSSR count). The van der Waals surface area contributed by atoms with Crippen molar-refractivity contribution < 1.29 is 18.1 Å². The van der Waals surface area contributed by atoms with Crippen LogP contribution in [0.25, 0.3) is 10.2 Å². The predicted octanol–water partition coefficient (Wildman–Crippen LogP) is 3.79. The molecule has 170 valence electrons. The maximum absolute atomic E-state index is 12.8. The van der Waals surface area contributed by atoms with Gasteiger partial charge in [0.05, 0.1) is 26.6 Å². The fourth-order valence-electron chi connectivity index (χ4n) is 3.15. The molecular weight excluding hydrogens is 476 g/mol.